The molecule has 0 N–H and O–H groups in total. The summed E-state index contributed by atoms with van der Waals surface area (Å²) in [6.45, 7) is 5.15. The van der Waals surface area contributed by atoms with Crippen LogP contribution in [-0.2, 0) is 14.3 Å². The van der Waals surface area contributed by atoms with E-state index in [-0.39, 0.29) is 0 Å². The minimum Gasteiger partial charge on any atom is -0.467 e. The van der Waals surface area contributed by atoms with E-state index in [2.05, 4.69) is 4.74 Å². The number of nitrogens with zero attached hydrogens (tertiary/aromatic N) is 1. The zero-order valence-electron chi connectivity index (χ0n) is 11.4. The van der Waals surface area contributed by atoms with E-state index < -0.39 is 41.8 Å². The van der Waals surface area contributed by atoms with Crippen LogP contribution >= 0.6 is 0 Å². The summed E-state index contributed by atoms with van der Waals surface area (Å²) >= 11 is 0. The van der Waals surface area contributed by atoms with E-state index >= 15 is 0 Å². The van der Waals surface area contributed by atoms with Crippen molar-refractivity contribution in [1.29, 1.82) is 0 Å². The van der Waals surface area contributed by atoms with E-state index in [0.29, 0.717) is 0 Å². The van der Waals surface area contributed by atoms with E-state index in [1.54, 1.807) is 32.9 Å². The van der Waals surface area contributed by atoms with Gasteiger partial charge in [0.05, 0.1) is 13.2 Å². The third-order valence-corrected chi connectivity index (χ3v) is 3.26. The Bertz CT molecular complexity index is 429. The average molecular weight is 271 g/mol. The number of carbonyl (C=O) groups excluding carboxylic acids is 2. The van der Waals surface area contributed by atoms with E-state index in [4.69, 9.17) is 4.74 Å². The first-order chi connectivity index (χ1) is 8.76. The van der Waals surface area contributed by atoms with Crippen LogP contribution in [0.5, 0.6) is 0 Å². The molecule has 0 aromatic heterocycles. The Morgan fingerprint density at radius 1 is 1.26 bits per heavy atom. The van der Waals surface area contributed by atoms with Gasteiger partial charge in [0.2, 0.25) is 0 Å². The van der Waals surface area contributed by atoms with Crippen molar-refractivity contribution in [3.8, 4) is 0 Å². The number of carbonyl (C=O) groups is 2. The molecule has 2 bridgehead atoms. The average Bonchev–Trinajstić information content (AvgIpc) is 2.79. The van der Waals surface area contributed by atoms with Crippen molar-refractivity contribution in [3.05, 3.63) is 12.2 Å². The number of methoxy groups -OCH3 is 1. The predicted octanol–water partition coefficient (Wildman–Crippen LogP) is 1.67. The van der Waals surface area contributed by atoms with Crippen LogP contribution in [0.15, 0.2) is 12.2 Å². The molecule has 0 unspecified atom stereocenters. The summed E-state index contributed by atoms with van der Waals surface area (Å²) in [6.07, 6.45) is 1.25. The number of alkyl halides is 1. The molecule has 6 heteroatoms. The maximum Gasteiger partial charge on any atom is 0.411 e. The second-order valence-corrected chi connectivity index (χ2v) is 5.75. The van der Waals surface area contributed by atoms with Crippen LogP contribution in [0, 0.1) is 5.92 Å². The first kappa shape index (κ1) is 13.8. The lowest BCUT2D eigenvalue weighted by Gasteiger charge is -2.32. The Morgan fingerprint density at radius 2 is 1.89 bits per heavy atom. The number of likely N-dealkylation sites (tertiary alicyclic amines) is 1. The molecule has 0 saturated carbocycles. The Morgan fingerprint density at radius 3 is 2.42 bits per heavy atom. The molecule has 1 fully saturated rings. The van der Waals surface area contributed by atoms with Gasteiger partial charge in [-0.15, -0.1) is 0 Å². The zero-order valence-corrected chi connectivity index (χ0v) is 11.4. The summed E-state index contributed by atoms with van der Waals surface area (Å²) in [4.78, 5) is 25.0. The van der Waals surface area contributed by atoms with Gasteiger partial charge in [-0.25, -0.2) is 14.0 Å². The minimum atomic E-state index is -1.28. The maximum atomic E-state index is 14.0. The van der Waals surface area contributed by atoms with E-state index in [1.165, 1.54) is 7.11 Å². The molecule has 0 aromatic carbocycles. The molecule has 0 spiro atoms. The largest absolute Gasteiger partial charge is 0.467 e. The molecular formula is C13H18FNO4. The molecule has 1 aliphatic carbocycles. The summed E-state index contributed by atoms with van der Waals surface area (Å²) in [5, 5.41) is 0. The molecule has 1 amide bonds. The molecular weight excluding hydrogens is 253 g/mol. The van der Waals surface area contributed by atoms with Crippen LogP contribution in [0.1, 0.15) is 20.8 Å². The van der Waals surface area contributed by atoms with Crippen molar-refractivity contribution < 1.29 is 23.5 Å². The number of hydrogen-bond acceptors (Lipinski definition) is 4. The standard InChI is InChI=1S/C13H18FNO4/c1-13(2,3)19-12(17)15-8-6-5-7(9(8)14)10(15)11(16)18-4/h5-10H,1-4H3/t7-,8+,9+,10+/m1/s1. The van der Waals surface area contributed by atoms with Crippen molar-refractivity contribution in [1.82, 2.24) is 4.90 Å². The van der Waals surface area contributed by atoms with E-state index in [0.717, 1.165) is 4.90 Å². The second-order valence-electron chi connectivity index (χ2n) is 5.75. The van der Waals surface area contributed by atoms with Gasteiger partial charge in [-0.3, -0.25) is 4.90 Å². The quantitative estimate of drug-likeness (QED) is 0.538. The highest BCUT2D eigenvalue weighted by Crippen LogP contribution is 2.40. The van der Waals surface area contributed by atoms with Crippen LogP contribution < -0.4 is 0 Å². The smallest absolute Gasteiger partial charge is 0.411 e. The molecule has 5 nitrogen and oxygen atoms in total. The van der Waals surface area contributed by atoms with Crippen LogP contribution in [-0.4, -0.2) is 47.9 Å². The van der Waals surface area contributed by atoms with Crippen LogP contribution in [0.3, 0.4) is 0 Å². The monoisotopic (exact) mass is 271 g/mol. The molecule has 2 rings (SSSR count). The molecule has 1 heterocycles. The highest BCUT2D eigenvalue weighted by molar-refractivity contribution is 5.84. The number of esters is 1. The van der Waals surface area contributed by atoms with Gasteiger partial charge >= 0.3 is 12.1 Å². The van der Waals surface area contributed by atoms with Crippen molar-refractivity contribution in [3.63, 3.8) is 0 Å². The minimum absolute atomic E-state index is 0.620. The highest BCUT2D eigenvalue weighted by Gasteiger charge is 2.57. The number of rotatable bonds is 1. The van der Waals surface area contributed by atoms with Gasteiger partial charge in [-0.1, -0.05) is 12.2 Å². The topological polar surface area (TPSA) is 55.8 Å². The fraction of sp³-hybridized carbons (Fsp3) is 0.692. The Labute approximate surface area is 111 Å². The number of amides is 1. The second kappa shape index (κ2) is 4.51. The number of hydrogen-bond donors (Lipinski definition) is 0. The van der Waals surface area contributed by atoms with Crippen LogP contribution in [0.25, 0.3) is 0 Å². The van der Waals surface area contributed by atoms with Crippen LogP contribution in [0.4, 0.5) is 9.18 Å². The first-order valence-corrected chi connectivity index (χ1v) is 6.18. The third-order valence-electron chi connectivity index (χ3n) is 3.26. The summed E-state index contributed by atoms with van der Waals surface area (Å²) in [7, 11) is 1.22. The van der Waals surface area contributed by atoms with Gasteiger partial charge in [0.15, 0.2) is 0 Å². The van der Waals surface area contributed by atoms with Gasteiger partial charge in [-0.05, 0) is 20.8 Å². The summed E-state index contributed by atoms with van der Waals surface area (Å²) in [5.74, 6) is -1.27. The van der Waals surface area contributed by atoms with E-state index in [1.807, 2.05) is 0 Å². The van der Waals surface area contributed by atoms with Crippen LogP contribution in [0.2, 0.25) is 0 Å². The molecule has 1 saturated heterocycles. The molecule has 1 aliphatic heterocycles. The van der Waals surface area contributed by atoms with Gasteiger partial charge in [0.1, 0.15) is 17.8 Å². The lowest BCUT2D eigenvalue weighted by molar-refractivity contribution is -0.147. The predicted molar refractivity (Wildman–Crippen MR) is 65.2 cm³/mol. The summed E-state index contributed by atoms with van der Waals surface area (Å²) in [6, 6.07) is -1.69. The Balaban J connectivity index is 2.24. The van der Waals surface area contributed by atoms with Crippen molar-refractivity contribution in [2.75, 3.05) is 7.11 Å². The third kappa shape index (κ3) is 2.31. The number of ether oxygens (including phenoxy) is 2. The van der Waals surface area contributed by atoms with Gasteiger partial charge in [0, 0.05) is 5.92 Å². The maximum absolute atomic E-state index is 14.0. The molecule has 0 radical (unpaired) electrons. The molecule has 2 aliphatic rings. The SMILES string of the molecule is COC(=O)[C@@H]1[C@@H]2C=C[C@@H]([C@H]2F)N1C(=O)OC(C)(C)C. The number of halogens is 1. The van der Waals surface area contributed by atoms with Crippen molar-refractivity contribution in [2.45, 2.75) is 44.6 Å². The van der Waals surface area contributed by atoms with E-state index in [9.17, 15) is 14.0 Å². The Hall–Kier alpha value is -1.59. The Kier molecular flexibility index (Phi) is 3.28. The number of fused-ring (bicyclic) bond motifs is 2. The summed E-state index contributed by atoms with van der Waals surface area (Å²) < 4.78 is 23.9. The van der Waals surface area contributed by atoms with Crippen molar-refractivity contribution >= 4 is 12.1 Å². The van der Waals surface area contributed by atoms with Gasteiger partial charge < -0.3 is 9.47 Å². The fourth-order valence-electron chi connectivity index (χ4n) is 2.52. The fourth-order valence-corrected chi connectivity index (χ4v) is 2.52. The lowest BCUT2D eigenvalue weighted by Crippen LogP contribution is -2.49. The molecule has 19 heavy (non-hydrogen) atoms. The molecule has 106 valence electrons. The van der Waals surface area contributed by atoms with Gasteiger partial charge in [-0.2, -0.15) is 0 Å². The summed E-state index contributed by atoms with van der Waals surface area (Å²) in [5.41, 5.74) is -0.699. The zero-order chi connectivity index (χ0) is 14.4. The van der Waals surface area contributed by atoms with Crippen molar-refractivity contribution in [2.24, 2.45) is 5.92 Å². The normalized spacial score (nSPS) is 32.6. The molecule has 0 aromatic rings. The van der Waals surface area contributed by atoms with Gasteiger partial charge in [0.25, 0.3) is 0 Å². The lowest BCUT2D eigenvalue weighted by atomic mass is 10.0. The molecule has 4 atom stereocenters. The highest BCUT2D eigenvalue weighted by atomic mass is 19.1. The first-order valence-electron chi connectivity index (χ1n) is 6.18.